The molecule has 0 saturated heterocycles. The first-order valence-electron chi connectivity index (χ1n) is 12.6. The van der Waals surface area contributed by atoms with Crippen molar-refractivity contribution in [2.75, 3.05) is 0 Å². The van der Waals surface area contributed by atoms with E-state index in [1.807, 2.05) is 0 Å². The fraction of sp³-hybridized carbons (Fsp3) is 1.00. The highest BCUT2D eigenvalue weighted by molar-refractivity contribution is 7.34. The van der Waals surface area contributed by atoms with Crippen molar-refractivity contribution in [2.24, 2.45) is 0 Å². The van der Waals surface area contributed by atoms with Gasteiger partial charge in [0.15, 0.2) is 0 Å². The van der Waals surface area contributed by atoms with Gasteiger partial charge >= 0.3 is 0 Å². The number of unbranched alkanes of at least 4 members (excludes halogenated alkanes) is 18. The van der Waals surface area contributed by atoms with Crippen LogP contribution in [-0.4, -0.2) is 26.6 Å². The summed E-state index contributed by atoms with van der Waals surface area (Å²) >= 11 is 0. The Morgan fingerprint density at radius 2 is 0.815 bits per heavy atom. The van der Waals surface area contributed by atoms with Crippen molar-refractivity contribution in [1.29, 1.82) is 0 Å². The maximum Gasteiger partial charge on any atom is 0.0218 e. The molecule has 0 bridgehead atoms. The van der Waals surface area contributed by atoms with Gasteiger partial charge < -0.3 is 0 Å². The largest absolute Gasteiger partial charge is 0.0654 e. The van der Waals surface area contributed by atoms with Crippen LogP contribution in [0, 0.1) is 0 Å². The lowest BCUT2D eigenvalue weighted by Crippen LogP contribution is -2.22. The molecule has 0 atom stereocenters. The van der Waals surface area contributed by atoms with Crippen molar-refractivity contribution in [3.63, 3.8) is 0 Å². The third-order valence-corrected chi connectivity index (χ3v) is 12.7. The van der Waals surface area contributed by atoms with E-state index in [4.69, 9.17) is 0 Å². The summed E-state index contributed by atoms with van der Waals surface area (Å²) < 4.78 is 0. The average molecular weight is 423 g/mol. The molecule has 0 aliphatic carbocycles. The fourth-order valence-corrected chi connectivity index (χ4v) is 9.39. The van der Waals surface area contributed by atoms with Crippen LogP contribution in [0.3, 0.4) is 0 Å². The number of hydrogen-bond donors (Lipinski definition) is 0. The van der Waals surface area contributed by atoms with Crippen LogP contribution in [0.1, 0.15) is 142 Å². The summed E-state index contributed by atoms with van der Waals surface area (Å²) in [4.78, 5) is 0. The van der Waals surface area contributed by atoms with Crippen molar-refractivity contribution in [3.8, 4) is 0 Å². The summed E-state index contributed by atoms with van der Waals surface area (Å²) in [6.07, 6.45) is 29.3. The molecule has 0 unspecified atom stereocenters. The maximum absolute atomic E-state index is 4.09. The van der Waals surface area contributed by atoms with Crippen LogP contribution in [0.4, 0.5) is 0 Å². The number of rotatable bonds is 23. The molecule has 0 aromatic rings. The molecule has 0 fully saturated rings. The van der Waals surface area contributed by atoms with Gasteiger partial charge in [-0.3, -0.25) is 0 Å². The van der Waals surface area contributed by atoms with Gasteiger partial charge in [-0.25, -0.2) is 0 Å². The van der Waals surface area contributed by atoms with Gasteiger partial charge in [0.25, 0.3) is 0 Å². The van der Waals surface area contributed by atoms with Crippen LogP contribution in [0.2, 0.25) is 12.1 Å². The predicted octanol–water partition coefficient (Wildman–Crippen LogP) is 8.61. The van der Waals surface area contributed by atoms with Crippen molar-refractivity contribution < 1.29 is 0 Å². The molecule has 0 aliphatic heterocycles. The van der Waals surface area contributed by atoms with Crippen molar-refractivity contribution >= 4 is 26.6 Å². The summed E-state index contributed by atoms with van der Waals surface area (Å²) in [7, 11) is 5.16. The molecule has 0 rings (SSSR count). The Balaban J connectivity index is 3.12. The minimum absolute atomic E-state index is 0.173. The quantitative estimate of drug-likeness (QED) is 0.114. The lowest BCUT2D eigenvalue weighted by molar-refractivity contribution is 0.562. The molecule has 6 radical (unpaired) electrons. The van der Waals surface area contributed by atoms with E-state index in [1.54, 1.807) is 0 Å². The highest BCUT2D eigenvalue weighted by atomic mass is 29.5. The second-order valence-electron chi connectivity index (χ2n) is 8.52. The molecule has 0 N–H and O–H groups in total. The molecule has 0 spiro atoms. The van der Waals surface area contributed by atoms with Crippen molar-refractivity contribution in [2.45, 2.75) is 154 Å². The molecular formula is C24H50Si3. The Morgan fingerprint density at radius 1 is 0.481 bits per heavy atom. The third kappa shape index (κ3) is 24.6. The zero-order valence-corrected chi connectivity index (χ0v) is 22.1. The molecule has 0 aromatic heterocycles. The van der Waals surface area contributed by atoms with Crippen molar-refractivity contribution in [3.05, 3.63) is 0 Å². The normalized spacial score (nSPS) is 11.6. The molecule has 0 aliphatic rings. The van der Waals surface area contributed by atoms with E-state index >= 15 is 0 Å². The molecule has 0 amide bonds. The monoisotopic (exact) mass is 422 g/mol. The van der Waals surface area contributed by atoms with E-state index in [0.29, 0.717) is 0 Å². The maximum atomic E-state index is 4.09. The highest BCUT2D eigenvalue weighted by Gasteiger charge is 2.05. The van der Waals surface area contributed by atoms with E-state index in [-0.39, 0.29) is 7.83 Å². The lowest BCUT2D eigenvalue weighted by Gasteiger charge is -2.09. The van der Waals surface area contributed by atoms with Crippen LogP contribution >= 0.6 is 0 Å². The Morgan fingerprint density at radius 3 is 1.22 bits per heavy atom. The first-order valence-corrected chi connectivity index (χ1v) is 18.0. The van der Waals surface area contributed by atoms with Gasteiger partial charge in [0.05, 0.1) is 0 Å². The van der Waals surface area contributed by atoms with Gasteiger partial charge in [0.1, 0.15) is 0 Å². The van der Waals surface area contributed by atoms with Crippen LogP contribution in [0.15, 0.2) is 0 Å². The van der Waals surface area contributed by atoms with Gasteiger partial charge in [0, 0.05) is 26.6 Å². The molecule has 3 heteroatoms. The zero-order chi connectivity index (χ0) is 19.8. The van der Waals surface area contributed by atoms with E-state index in [1.165, 1.54) is 150 Å². The van der Waals surface area contributed by atoms with Gasteiger partial charge in [-0.15, -0.1) is 0 Å². The summed E-state index contributed by atoms with van der Waals surface area (Å²) in [5.41, 5.74) is 0. The molecule has 0 saturated carbocycles. The second-order valence-corrected chi connectivity index (χ2v) is 17.0. The summed E-state index contributed by atoms with van der Waals surface area (Å²) in [6, 6.07) is 3.01. The van der Waals surface area contributed by atoms with E-state index < -0.39 is 0 Å². The van der Waals surface area contributed by atoms with Gasteiger partial charge in [-0.05, 0) is 0 Å². The summed E-state index contributed by atoms with van der Waals surface area (Å²) in [5, 5.41) is 0. The van der Waals surface area contributed by atoms with Crippen LogP contribution in [0.5, 0.6) is 0 Å². The van der Waals surface area contributed by atoms with Crippen LogP contribution in [-0.2, 0) is 0 Å². The summed E-state index contributed by atoms with van der Waals surface area (Å²) in [6.45, 7) is 4.61. The van der Waals surface area contributed by atoms with Gasteiger partial charge in [-0.2, -0.15) is 0 Å². The number of hydrogen-bond acceptors (Lipinski definition) is 0. The van der Waals surface area contributed by atoms with Crippen molar-refractivity contribution in [1.82, 2.24) is 0 Å². The van der Waals surface area contributed by atoms with E-state index in [0.717, 1.165) is 0 Å². The van der Waals surface area contributed by atoms with E-state index in [9.17, 15) is 0 Å². The Hall–Kier alpha value is 0.651. The fourth-order valence-electron chi connectivity index (χ4n) is 3.73. The van der Waals surface area contributed by atoms with Crippen LogP contribution < -0.4 is 0 Å². The zero-order valence-electron chi connectivity index (χ0n) is 19.1. The summed E-state index contributed by atoms with van der Waals surface area (Å²) in [5.74, 6) is 0. The molecule has 158 valence electrons. The average Bonchev–Trinajstić information content (AvgIpc) is 2.67. The molecule has 0 heterocycles. The topological polar surface area (TPSA) is 0 Å². The Kier molecular flexibility index (Phi) is 25.3. The molecule has 27 heavy (non-hydrogen) atoms. The molecular weight excluding hydrogens is 373 g/mol. The standard InChI is InChI=1S/C24H50Si3/c1-3-5-7-9-11-13-15-17-19-21-23-26-27(25)24-22-20-18-16-14-12-10-8-6-4-2/h3-24H2,1-2H3. The lowest BCUT2D eigenvalue weighted by atomic mass is 10.1. The minimum Gasteiger partial charge on any atom is -0.0654 e. The van der Waals surface area contributed by atoms with Gasteiger partial charge in [0.2, 0.25) is 0 Å². The van der Waals surface area contributed by atoms with Crippen LogP contribution in [0.25, 0.3) is 0 Å². The predicted molar refractivity (Wildman–Crippen MR) is 131 cm³/mol. The highest BCUT2D eigenvalue weighted by Crippen LogP contribution is 2.13. The SMILES string of the molecule is CCCCCCCCCCCC[Si][Si]([Si])CCCCCCCCCCCC. The Labute approximate surface area is 180 Å². The second kappa shape index (κ2) is 24.7. The minimum atomic E-state index is -0.173. The first-order chi connectivity index (χ1) is 13.3. The molecule has 0 aromatic carbocycles. The smallest absolute Gasteiger partial charge is 0.0218 e. The first kappa shape index (κ1) is 27.7. The molecule has 0 nitrogen and oxygen atoms in total. The van der Waals surface area contributed by atoms with Gasteiger partial charge in [-0.1, -0.05) is 154 Å². The third-order valence-electron chi connectivity index (χ3n) is 5.65. The Bertz CT molecular complexity index is 258. The van der Waals surface area contributed by atoms with E-state index in [2.05, 4.69) is 23.6 Å².